The second-order valence-electron chi connectivity index (χ2n) is 5.17. The average Bonchev–Trinajstić information content (AvgIpc) is 2.80. The summed E-state index contributed by atoms with van der Waals surface area (Å²) in [5, 5.41) is 4.45. The quantitative estimate of drug-likeness (QED) is 0.802. The number of nitrogens with zero attached hydrogens (tertiary/aromatic N) is 4. The van der Waals surface area contributed by atoms with Crippen LogP contribution in [0, 0.1) is 6.92 Å². The minimum atomic E-state index is -3.04. The third-order valence-corrected chi connectivity index (χ3v) is 5.74. The Morgan fingerprint density at radius 2 is 1.85 bits per heavy atom. The van der Waals surface area contributed by atoms with Crippen LogP contribution in [0.4, 0.5) is 0 Å². The van der Waals surface area contributed by atoms with Crippen LogP contribution in [-0.4, -0.2) is 59.3 Å². The minimum Gasteiger partial charge on any atom is -0.296 e. The van der Waals surface area contributed by atoms with Crippen molar-refractivity contribution in [3.05, 3.63) is 17.5 Å². The first-order chi connectivity index (χ1) is 9.46. The summed E-state index contributed by atoms with van der Waals surface area (Å²) in [6, 6.07) is 0. The van der Waals surface area contributed by atoms with E-state index in [1.807, 2.05) is 11.6 Å². The average molecular weight is 300 g/mol. The maximum atomic E-state index is 11.8. The molecule has 1 fully saturated rings. The Kier molecular flexibility index (Phi) is 4.82. The number of rotatable bonds is 5. The molecule has 0 saturated carbocycles. The molecular formula is C13H24N4O2S. The summed E-state index contributed by atoms with van der Waals surface area (Å²) in [5.74, 6) is 0.190. The van der Waals surface area contributed by atoms with Crippen molar-refractivity contribution in [3.8, 4) is 0 Å². The molecule has 114 valence electrons. The van der Waals surface area contributed by atoms with Gasteiger partial charge in [0.2, 0.25) is 10.0 Å². The molecule has 1 saturated heterocycles. The van der Waals surface area contributed by atoms with Gasteiger partial charge in [-0.05, 0) is 20.8 Å². The van der Waals surface area contributed by atoms with Crippen LogP contribution in [0.3, 0.4) is 0 Å². The molecule has 1 aromatic heterocycles. The highest BCUT2D eigenvalue weighted by Gasteiger charge is 2.25. The van der Waals surface area contributed by atoms with Crippen LogP contribution in [0.25, 0.3) is 0 Å². The molecule has 0 atom stereocenters. The van der Waals surface area contributed by atoms with Gasteiger partial charge in [0.05, 0.1) is 11.4 Å². The summed E-state index contributed by atoms with van der Waals surface area (Å²) in [5.41, 5.74) is 2.30. The molecule has 0 amide bonds. The smallest absolute Gasteiger partial charge is 0.213 e. The lowest BCUT2D eigenvalue weighted by Crippen LogP contribution is -2.48. The molecule has 20 heavy (non-hydrogen) atoms. The van der Waals surface area contributed by atoms with Gasteiger partial charge in [-0.1, -0.05) is 0 Å². The monoisotopic (exact) mass is 300 g/mol. The molecule has 0 aromatic carbocycles. The maximum absolute atomic E-state index is 11.8. The van der Waals surface area contributed by atoms with Crippen molar-refractivity contribution in [3.63, 3.8) is 0 Å². The third-order valence-electron chi connectivity index (χ3n) is 3.86. The first kappa shape index (κ1) is 15.5. The molecule has 0 spiro atoms. The lowest BCUT2D eigenvalue weighted by molar-refractivity contribution is 0.181. The van der Waals surface area contributed by atoms with E-state index in [0.29, 0.717) is 13.1 Å². The lowest BCUT2D eigenvalue weighted by atomic mass is 10.2. The molecule has 0 N–H and O–H groups in total. The number of sulfonamides is 1. The second kappa shape index (κ2) is 6.24. The summed E-state index contributed by atoms with van der Waals surface area (Å²) in [6.45, 7) is 10.3. The fraction of sp³-hybridized carbons (Fsp3) is 0.769. The van der Waals surface area contributed by atoms with Crippen molar-refractivity contribution < 1.29 is 8.42 Å². The second-order valence-corrected chi connectivity index (χ2v) is 7.43. The van der Waals surface area contributed by atoms with Crippen LogP contribution in [0.2, 0.25) is 0 Å². The van der Waals surface area contributed by atoms with E-state index in [1.165, 1.54) is 5.56 Å². The predicted molar refractivity (Wildman–Crippen MR) is 78.9 cm³/mol. The van der Waals surface area contributed by atoms with Gasteiger partial charge >= 0.3 is 0 Å². The summed E-state index contributed by atoms with van der Waals surface area (Å²) >= 11 is 0. The summed E-state index contributed by atoms with van der Waals surface area (Å²) in [4.78, 5) is 2.30. The van der Waals surface area contributed by atoms with Crippen molar-refractivity contribution in [2.75, 3.05) is 31.9 Å². The molecule has 2 heterocycles. The Bertz CT molecular complexity index is 545. The standard InChI is InChI=1S/C13H24N4O2S/c1-4-16-11-13(12(3)14-16)10-15-6-8-17(9-7-15)20(18,19)5-2/h11H,4-10H2,1-3H3. The van der Waals surface area contributed by atoms with Gasteiger partial charge in [0, 0.05) is 51.0 Å². The molecule has 2 rings (SSSR count). The van der Waals surface area contributed by atoms with Crippen molar-refractivity contribution in [1.82, 2.24) is 19.0 Å². The minimum absolute atomic E-state index is 0.190. The van der Waals surface area contributed by atoms with Crippen LogP contribution >= 0.6 is 0 Å². The summed E-state index contributed by atoms with van der Waals surface area (Å²) in [6.07, 6.45) is 2.09. The molecule has 0 aliphatic carbocycles. The largest absolute Gasteiger partial charge is 0.296 e. The van der Waals surface area contributed by atoms with Crippen LogP contribution in [0.5, 0.6) is 0 Å². The van der Waals surface area contributed by atoms with Gasteiger partial charge in [0.1, 0.15) is 0 Å². The van der Waals surface area contributed by atoms with Crippen molar-refractivity contribution in [2.24, 2.45) is 0 Å². The Balaban J connectivity index is 1.93. The lowest BCUT2D eigenvalue weighted by Gasteiger charge is -2.33. The van der Waals surface area contributed by atoms with Crippen molar-refractivity contribution in [1.29, 1.82) is 0 Å². The van der Waals surface area contributed by atoms with Gasteiger partial charge in [-0.2, -0.15) is 9.40 Å². The first-order valence-electron chi connectivity index (χ1n) is 7.19. The van der Waals surface area contributed by atoms with Crippen molar-refractivity contribution >= 4 is 10.0 Å². The molecule has 0 bridgehead atoms. The highest BCUT2D eigenvalue weighted by Crippen LogP contribution is 2.13. The highest BCUT2D eigenvalue weighted by molar-refractivity contribution is 7.89. The Labute approximate surface area is 121 Å². The molecule has 1 aliphatic rings. The first-order valence-corrected chi connectivity index (χ1v) is 8.80. The number of aromatic nitrogens is 2. The zero-order valence-corrected chi connectivity index (χ0v) is 13.4. The van der Waals surface area contributed by atoms with E-state index in [0.717, 1.165) is 31.9 Å². The van der Waals surface area contributed by atoms with Gasteiger partial charge < -0.3 is 0 Å². The van der Waals surface area contributed by atoms with Gasteiger partial charge in [-0.15, -0.1) is 0 Å². The zero-order chi connectivity index (χ0) is 14.8. The normalized spacial score (nSPS) is 18.6. The molecular weight excluding hydrogens is 276 g/mol. The van der Waals surface area contributed by atoms with E-state index < -0.39 is 10.0 Å². The van der Waals surface area contributed by atoms with E-state index in [-0.39, 0.29) is 5.75 Å². The zero-order valence-electron chi connectivity index (χ0n) is 12.5. The van der Waals surface area contributed by atoms with Crippen LogP contribution in [-0.2, 0) is 23.1 Å². The van der Waals surface area contributed by atoms with E-state index >= 15 is 0 Å². The van der Waals surface area contributed by atoms with Crippen LogP contribution in [0.15, 0.2) is 6.20 Å². The van der Waals surface area contributed by atoms with Crippen LogP contribution < -0.4 is 0 Å². The maximum Gasteiger partial charge on any atom is 0.213 e. The van der Waals surface area contributed by atoms with E-state index in [9.17, 15) is 8.42 Å². The molecule has 1 aliphatic heterocycles. The third kappa shape index (κ3) is 3.39. The van der Waals surface area contributed by atoms with E-state index in [4.69, 9.17) is 0 Å². The fourth-order valence-electron chi connectivity index (χ4n) is 2.47. The Hall–Kier alpha value is -0.920. The van der Waals surface area contributed by atoms with E-state index in [2.05, 4.69) is 23.1 Å². The number of hydrogen-bond donors (Lipinski definition) is 0. The molecule has 7 heteroatoms. The van der Waals surface area contributed by atoms with Gasteiger partial charge in [-0.25, -0.2) is 8.42 Å². The SMILES string of the molecule is CCn1cc(CN2CCN(S(=O)(=O)CC)CC2)c(C)n1. The fourth-order valence-corrected chi connectivity index (χ4v) is 3.55. The van der Waals surface area contributed by atoms with Crippen LogP contribution in [0.1, 0.15) is 25.1 Å². The van der Waals surface area contributed by atoms with Gasteiger partial charge in [-0.3, -0.25) is 9.58 Å². The number of hydrogen-bond acceptors (Lipinski definition) is 4. The molecule has 1 aromatic rings. The highest BCUT2D eigenvalue weighted by atomic mass is 32.2. The van der Waals surface area contributed by atoms with Crippen molar-refractivity contribution in [2.45, 2.75) is 33.9 Å². The summed E-state index contributed by atoms with van der Waals surface area (Å²) < 4.78 is 27.2. The predicted octanol–water partition coefficient (Wildman–Crippen LogP) is 0.679. The van der Waals surface area contributed by atoms with Gasteiger partial charge in [0.15, 0.2) is 0 Å². The number of piperazine rings is 1. The van der Waals surface area contributed by atoms with Gasteiger partial charge in [0.25, 0.3) is 0 Å². The molecule has 6 nitrogen and oxygen atoms in total. The number of aryl methyl sites for hydroxylation is 2. The molecule has 0 radical (unpaired) electrons. The topological polar surface area (TPSA) is 58.4 Å². The van der Waals surface area contributed by atoms with E-state index in [1.54, 1.807) is 11.2 Å². The Morgan fingerprint density at radius 1 is 1.20 bits per heavy atom. The Morgan fingerprint density at radius 3 is 2.35 bits per heavy atom. The summed E-state index contributed by atoms with van der Waals surface area (Å²) in [7, 11) is -3.04. The molecule has 0 unspecified atom stereocenters.